The zero-order valence-corrected chi connectivity index (χ0v) is 31.7. The summed E-state index contributed by atoms with van der Waals surface area (Å²) in [6, 6.07) is 2.83. The predicted octanol–water partition coefficient (Wildman–Crippen LogP) is -2.71. The number of hydrogen-bond acceptors (Lipinski definition) is 17. The largest absolute Gasteiger partial charge is 0.548 e. The first-order chi connectivity index (χ1) is 26.0. The maximum absolute atomic E-state index is 12.8. The number of aliphatic carboxylic acids is 2. The van der Waals surface area contributed by atoms with Crippen LogP contribution in [0.25, 0.3) is 0 Å². The molecule has 1 aliphatic heterocycles. The smallest absolute Gasteiger partial charge is 0.325 e. The molecule has 1 saturated heterocycles. The van der Waals surface area contributed by atoms with Crippen LogP contribution >= 0.6 is 0 Å². The van der Waals surface area contributed by atoms with Gasteiger partial charge in [0.05, 0.1) is 65.9 Å². The van der Waals surface area contributed by atoms with Crippen molar-refractivity contribution >= 4 is 23.9 Å². The van der Waals surface area contributed by atoms with Crippen LogP contribution in [0.2, 0.25) is 0 Å². The summed E-state index contributed by atoms with van der Waals surface area (Å²) in [5, 5.41) is 52.8. The molecule has 0 radical (unpaired) electrons. The average molecular weight is 772 g/mol. The van der Waals surface area contributed by atoms with Gasteiger partial charge < -0.3 is 54.0 Å². The number of carboxylic acids is 2. The molecule has 1 heterocycles. The van der Waals surface area contributed by atoms with Crippen LogP contribution in [-0.4, -0.2) is 208 Å². The van der Waals surface area contributed by atoms with Gasteiger partial charge in [-0.25, -0.2) is 0 Å². The molecule has 0 spiro atoms. The van der Waals surface area contributed by atoms with E-state index in [2.05, 4.69) is 0 Å². The summed E-state index contributed by atoms with van der Waals surface area (Å²) in [7, 11) is 2.35. The lowest BCUT2D eigenvalue weighted by Crippen LogP contribution is -2.58. The number of rotatable bonds is 23. The molecule has 1 aromatic rings. The molecule has 54 heavy (non-hydrogen) atoms. The maximum Gasteiger partial charge on any atom is 0.325 e. The SMILES string of the molecule is CCOCCOCCOc1ccc(CCC[C@@H](C(=O)O)N2CCN([C@@H](CO)C(=O)[O-])CCN([C@@H](CO)C(=O)OC)CCN([C@@H](CO)C(=O)OC)CC2)cc1. The van der Waals surface area contributed by atoms with Crippen molar-refractivity contribution in [2.45, 2.75) is 50.4 Å². The van der Waals surface area contributed by atoms with E-state index < -0.39 is 67.9 Å². The molecule has 0 unspecified atom stereocenters. The number of aryl methyl sites for hydroxylation is 1. The van der Waals surface area contributed by atoms with Crippen LogP contribution in [0.4, 0.5) is 0 Å². The lowest BCUT2D eigenvalue weighted by molar-refractivity contribution is -0.312. The number of aliphatic hydroxyl groups excluding tert-OH is 3. The molecular formula is C36H59N4O14-. The number of carbonyl (C=O) groups is 4. The van der Waals surface area contributed by atoms with Gasteiger partial charge in [-0.1, -0.05) is 12.1 Å². The van der Waals surface area contributed by atoms with Crippen LogP contribution in [0, 0.1) is 0 Å². The fourth-order valence-electron chi connectivity index (χ4n) is 6.31. The molecule has 1 aliphatic rings. The molecule has 18 nitrogen and oxygen atoms in total. The maximum atomic E-state index is 12.8. The number of methoxy groups -OCH3 is 2. The van der Waals surface area contributed by atoms with E-state index in [-0.39, 0.29) is 58.8 Å². The van der Waals surface area contributed by atoms with Gasteiger partial charge in [0.25, 0.3) is 0 Å². The summed E-state index contributed by atoms with van der Waals surface area (Å²) in [6.07, 6.45) is 1.31. The van der Waals surface area contributed by atoms with E-state index in [1.807, 2.05) is 31.2 Å². The third-order valence-electron chi connectivity index (χ3n) is 9.42. The minimum Gasteiger partial charge on any atom is -0.548 e. The number of ether oxygens (including phenoxy) is 5. The first-order valence-electron chi connectivity index (χ1n) is 18.3. The molecule has 0 aliphatic carbocycles. The molecule has 0 saturated carbocycles. The van der Waals surface area contributed by atoms with Gasteiger partial charge in [-0.2, -0.15) is 0 Å². The zero-order valence-electron chi connectivity index (χ0n) is 31.7. The molecule has 308 valence electrons. The molecule has 0 aromatic heterocycles. The first-order valence-corrected chi connectivity index (χ1v) is 18.3. The summed E-state index contributed by atoms with van der Waals surface area (Å²) in [5.74, 6) is -3.38. The topological polar surface area (TPSA) is 231 Å². The Kier molecular flexibility index (Phi) is 22.8. The Hall–Kier alpha value is -3.46. The summed E-state index contributed by atoms with van der Waals surface area (Å²) in [4.78, 5) is 56.5. The number of benzene rings is 1. The number of aliphatic hydroxyl groups is 3. The number of carbonyl (C=O) groups excluding carboxylic acids is 3. The zero-order chi connectivity index (χ0) is 39.9. The van der Waals surface area contributed by atoms with Gasteiger partial charge in [-0.3, -0.25) is 34.0 Å². The first kappa shape index (κ1) is 46.7. The highest BCUT2D eigenvalue weighted by atomic mass is 16.5. The molecule has 0 amide bonds. The highest BCUT2D eigenvalue weighted by molar-refractivity contribution is 5.76. The predicted molar refractivity (Wildman–Crippen MR) is 192 cm³/mol. The van der Waals surface area contributed by atoms with Gasteiger partial charge in [-0.05, 0) is 43.9 Å². The van der Waals surface area contributed by atoms with Gasteiger partial charge in [0, 0.05) is 59.0 Å². The number of hydrogen-bond donors (Lipinski definition) is 4. The molecule has 1 aromatic carbocycles. The normalized spacial score (nSPS) is 18.0. The second-order valence-corrected chi connectivity index (χ2v) is 12.7. The van der Waals surface area contributed by atoms with Gasteiger partial charge in [-0.15, -0.1) is 0 Å². The van der Waals surface area contributed by atoms with Gasteiger partial charge in [0.1, 0.15) is 30.5 Å². The lowest BCUT2D eigenvalue weighted by atomic mass is 10.0. The van der Waals surface area contributed by atoms with E-state index in [0.29, 0.717) is 51.6 Å². The number of nitrogens with zero attached hydrogens (tertiary/aromatic N) is 4. The molecule has 18 heteroatoms. The van der Waals surface area contributed by atoms with Crippen LogP contribution in [0.3, 0.4) is 0 Å². The Morgan fingerprint density at radius 3 is 1.50 bits per heavy atom. The molecule has 4 atom stereocenters. The van der Waals surface area contributed by atoms with Gasteiger partial charge in [0.15, 0.2) is 0 Å². The minimum atomic E-state index is -1.53. The highest BCUT2D eigenvalue weighted by Gasteiger charge is 2.34. The number of carboxylic acid groups (broad SMARTS) is 2. The Bertz CT molecular complexity index is 1240. The van der Waals surface area contributed by atoms with Crippen molar-refractivity contribution in [1.82, 2.24) is 19.6 Å². The van der Waals surface area contributed by atoms with Crippen molar-refractivity contribution in [3.63, 3.8) is 0 Å². The van der Waals surface area contributed by atoms with Gasteiger partial charge >= 0.3 is 17.9 Å². The van der Waals surface area contributed by atoms with Crippen molar-refractivity contribution in [1.29, 1.82) is 0 Å². The van der Waals surface area contributed by atoms with Gasteiger partial charge in [0.2, 0.25) is 0 Å². The van der Waals surface area contributed by atoms with Crippen molar-refractivity contribution in [3.8, 4) is 5.75 Å². The van der Waals surface area contributed by atoms with Crippen molar-refractivity contribution in [2.24, 2.45) is 0 Å². The van der Waals surface area contributed by atoms with Crippen LogP contribution < -0.4 is 9.84 Å². The van der Waals surface area contributed by atoms with Crippen molar-refractivity contribution in [3.05, 3.63) is 29.8 Å². The van der Waals surface area contributed by atoms with E-state index in [9.17, 15) is 44.7 Å². The molecule has 1 fully saturated rings. The summed E-state index contributed by atoms with van der Waals surface area (Å²) in [5.41, 5.74) is 0.979. The Morgan fingerprint density at radius 1 is 0.667 bits per heavy atom. The summed E-state index contributed by atoms with van der Waals surface area (Å²) < 4.78 is 26.2. The van der Waals surface area contributed by atoms with E-state index in [4.69, 9.17) is 23.7 Å². The van der Waals surface area contributed by atoms with E-state index in [1.165, 1.54) is 19.1 Å². The van der Waals surface area contributed by atoms with Crippen LogP contribution in [-0.2, 0) is 44.5 Å². The second kappa shape index (κ2) is 26.4. The standard InChI is InChI=1S/C36H60N4O14/c1-4-52-20-21-53-22-23-54-28-10-8-27(9-11-28)6-5-7-29(33(44)45)37-12-14-38(30(24-41)34(46)47)15-17-40(32(26-43)36(49)51-3)19-18-39(16-13-37)31(25-42)35(48)50-2/h8-11,29-32,41-43H,4-7,12-26H2,1-3H3,(H,44,45)(H,46,47)/p-1/t29-,30-,31-,32-/m0/s1. The third-order valence-corrected chi connectivity index (χ3v) is 9.42. The molecule has 0 bridgehead atoms. The van der Waals surface area contributed by atoms with Crippen LogP contribution in [0.5, 0.6) is 5.75 Å². The summed E-state index contributed by atoms with van der Waals surface area (Å²) in [6.45, 7) is 2.76. The Morgan fingerprint density at radius 2 is 1.09 bits per heavy atom. The van der Waals surface area contributed by atoms with E-state index in [0.717, 1.165) is 5.56 Å². The fourth-order valence-corrected chi connectivity index (χ4v) is 6.31. The quantitative estimate of drug-likeness (QED) is 0.0655. The fraction of sp³-hybridized carbons (Fsp3) is 0.722. The Labute approximate surface area is 317 Å². The third kappa shape index (κ3) is 15.7. The monoisotopic (exact) mass is 771 g/mol. The lowest BCUT2D eigenvalue weighted by Gasteiger charge is -2.40. The summed E-state index contributed by atoms with van der Waals surface area (Å²) >= 11 is 0. The average Bonchev–Trinajstić information content (AvgIpc) is 3.16. The molecule has 2 rings (SSSR count). The van der Waals surface area contributed by atoms with Crippen molar-refractivity contribution < 1.29 is 68.4 Å². The van der Waals surface area contributed by atoms with Crippen molar-refractivity contribution in [2.75, 3.05) is 119 Å². The molecular weight excluding hydrogens is 712 g/mol. The van der Waals surface area contributed by atoms with Crippen LogP contribution in [0.15, 0.2) is 24.3 Å². The van der Waals surface area contributed by atoms with Crippen LogP contribution in [0.1, 0.15) is 25.3 Å². The highest BCUT2D eigenvalue weighted by Crippen LogP contribution is 2.18. The van der Waals surface area contributed by atoms with E-state index in [1.54, 1.807) is 14.7 Å². The Balaban J connectivity index is 2.27. The second-order valence-electron chi connectivity index (χ2n) is 12.7. The van der Waals surface area contributed by atoms with E-state index >= 15 is 0 Å². The molecule has 4 N–H and O–H groups in total. The minimum absolute atomic E-state index is 0.00169. The number of esters is 2.